The number of carbonyl (C=O) groups excluding carboxylic acids is 4. The first-order valence-electron chi connectivity index (χ1n) is 18.3. The molecule has 2 aliphatic heterocycles. The molecular formula is C36H60N2O11. The fourth-order valence-corrected chi connectivity index (χ4v) is 6.27. The van der Waals surface area contributed by atoms with Crippen molar-refractivity contribution < 1.29 is 54.0 Å². The van der Waals surface area contributed by atoms with Crippen molar-refractivity contribution in [3.63, 3.8) is 0 Å². The first kappa shape index (κ1) is 43.7. The number of hydrogen-bond donors (Lipinski definition) is 6. The summed E-state index contributed by atoms with van der Waals surface area (Å²) >= 11 is 0. The van der Waals surface area contributed by atoms with Crippen LogP contribution in [0.15, 0.2) is 0 Å². The number of aliphatic hydroxyl groups is 1. The third-order valence-corrected chi connectivity index (χ3v) is 9.17. The Kier molecular flexibility index (Phi) is 23.6. The van der Waals surface area contributed by atoms with Gasteiger partial charge in [-0.3, -0.25) is 28.8 Å². The van der Waals surface area contributed by atoms with Gasteiger partial charge in [-0.25, -0.2) is 4.79 Å². The van der Waals surface area contributed by atoms with Crippen LogP contribution in [0.5, 0.6) is 0 Å². The molecule has 2 fully saturated rings. The Morgan fingerprint density at radius 2 is 0.898 bits per heavy atom. The van der Waals surface area contributed by atoms with Crippen LogP contribution in [-0.2, 0) is 33.6 Å². The highest BCUT2D eigenvalue weighted by Gasteiger charge is 2.29. The van der Waals surface area contributed by atoms with E-state index in [-0.39, 0.29) is 43.5 Å². The summed E-state index contributed by atoms with van der Waals surface area (Å²) < 4.78 is 0. The molecule has 0 radical (unpaired) electrons. The molecule has 0 aromatic heterocycles. The molecule has 2 amide bonds. The molecule has 13 nitrogen and oxygen atoms in total. The predicted molar refractivity (Wildman–Crippen MR) is 182 cm³/mol. The maximum absolute atomic E-state index is 12.3. The maximum atomic E-state index is 12.3. The molecule has 0 bridgehead atoms. The number of carboxylic acid groups (broad SMARTS) is 3. The van der Waals surface area contributed by atoms with E-state index >= 15 is 0 Å². The summed E-state index contributed by atoms with van der Waals surface area (Å²) in [4.78, 5) is 82.0. The van der Waals surface area contributed by atoms with Gasteiger partial charge in [0.1, 0.15) is 17.6 Å². The SMILES string of the molecule is O=C(O)C[C@@H]1CC(=O)CCCCCCCCCC[C@@H](C(=O)O)NC1=O.O=C(O)C[C@@H]1CC(=O)CCCCCCCCCC[C@@H](CO)NC1=O. The second-order valence-corrected chi connectivity index (χ2v) is 13.6. The van der Waals surface area contributed by atoms with E-state index in [1.807, 2.05) is 0 Å². The third-order valence-electron chi connectivity index (χ3n) is 9.17. The lowest BCUT2D eigenvalue weighted by Gasteiger charge is -2.20. The summed E-state index contributed by atoms with van der Waals surface area (Å²) in [5.74, 6) is -6.53. The Hall–Kier alpha value is -3.35. The summed E-state index contributed by atoms with van der Waals surface area (Å²) in [5, 5.41) is 41.8. The minimum absolute atomic E-state index is 0.0315. The van der Waals surface area contributed by atoms with Crippen LogP contribution in [0.3, 0.4) is 0 Å². The number of carbonyl (C=O) groups is 7. The Morgan fingerprint density at radius 3 is 1.29 bits per heavy atom. The summed E-state index contributed by atoms with van der Waals surface area (Å²) in [6.45, 7) is -0.167. The molecule has 280 valence electrons. The van der Waals surface area contributed by atoms with Gasteiger partial charge < -0.3 is 31.1 Å². The number of ketones is 2. The van der Waals surface area contributed by atoms with Crippen molar-refractivity contribution >= 4 is 41.3 Å². The van der Waals surface area contributed by atoms with E-state index in [1.54, 1.807) is 0 Å². The number of amides is 2. The first-order valence-corrected chi connectivity index (χ1v) is 18.3. The lowest BCUT2D eigenvalue weighted by Crippen LogP contribution is -2.44. The van der Waals surface area contributed by atoms with Gasteiger partial charge in [-0.15, -0.1) is 0 Å². The van der Waals surface area contributed by atoms with Gasteiger partial charge >= 0.3 is 17.9 Å². The van der Waals surface area contributed by atoms with E-state index < -0.39 is 54.0 Å². The molecule has 0 saturated carbocycles. The van der Waals surface area contributed by atoms with Crippen molar-refractivity contribution in [1.29, 1.82) is 0 Å². The van der Waals surface area contributed by atoms with Crippen LogP contribution in [0.2, 0.25) is 0 Å². The van der Waals surface area contributed by atoms with Gasteiger partial charge in [0.25, 0.3) is 0 Å². The van der Waals surface area contributed by atoms with Gasteiger partial charge in [0.05, 0.1) is 37.3 Å². The van der Waals surface area contributed by atoms with Gasteiger partial charge in [-0.2, -0.15) is 0 Å². The van der Waals surface area contributed by atoms with Crippen LogP contribution in [0.1, 0.15) is 154 Å². The Balaban J connectivity index is 0.000000490. The summed E-state index contributed by atoms with van der Waals surface area (Å²) in [6, 6.07) is -1.40. The molecule has 0 aliphatic carbocycles. The minimum atomic E-state index is -1.17. The van der Waals surface area contributed by atoms with Crippen molar-refractivity contribution in [3.05, 3.63) is 0 Å². The third kappa shape index (κ3) is 22.1. The molecule has 2 heterocycles. The van der Waals surface area contributed by atoms with Gasteiger partial charge in [0.2, 0.25) is 11.8 Å². The second kappa shape index (κ2) is 26.5. The highest BCUT2D eigenvalue weighted by Crippen LogP contribution is 2.19. The van der Waals surface area contributed by atoms with E-state index in [4.69, 9.17) is 10.2 Å². The molecule has 0 aromatic carbocycles. The molecule has 2 aliphatic rings. The van der Waals surface area contributed by atoms with E-state index in [2.05, 4.69) is 10.6 Å². The molecule has 49 heavy (non-hydrogen) atoms. The zero-order chi connectivity index (χ0) is 36.4. The van der Waals surface area contributed by atoms with E-state index in [9.17, 15) is 43.8 Å². The van der Waals surface area contributed by atoms with Crippen LogP contribution in [-0.4, -0.2) is 80.4 Å². The molecule has 0 aromatic rings. The van der Waals surface area contributed by atoms with Crippen LogP contribution >= 0.6 is 0 Å². The fourth-order valence-electron chi connectivity index (χ4n) is 6.27. The molecule has 0 unspecified atom stereocenters. The molecule has 2 rings (SSSR count). The smallest absolute Gasteiger partial charge is 0.326 e. The monoisotopic (exact) mass is 696 g/mol. The topological polar surface area (TPSA) is 224 Å². The van der Waals surface area contributed by atoms with Gasteiger partial charge in [-0.1, -0.05) is 89.9 Å². The molecule has 13 heteroatoms. The van der Waals surface area contributed by atoms with Crippen molar-refractivity contribution in [2.24, 2.45) is 11.8 Å². The summed E-state index contributed by atoms with van der Waals surface area (Å²) in [7, 11) is 0. The lowest BCUT2D eigenvalue weighted by molar-refractivity contribution is -0.144. The standard InChI is InChI=1S/C18H29NO6.C18H31NO5/c20-14-9-7-5-3-1-2-4-6-8-10-15(18(24)25)19-17(23)13(11-14)12-16(21)22;20-13-15-9-7-5-3-1-2-4-6-8-10-16(21)11-14(12-17(22)23)18(24)19-15/h13,15H,1-12H2,(H,19,23)(H,21,22)(H,24,25);14-15,20H,1-13H2,(H,19,24)(H,22,23)/t13-,15-;14-,15-/m00/s1. The Labute approximate surface area is 290 Å². The lowest BCUT2D eigenvalue weighted by atomic mass is 9.94. The maximum Gasteiger partial charge on any atom is 0.326 e. The average molecular weight is 697 g/mol. The van der Waals surface area contributed by atoms with Crippen LogP contribution < -0.4 is 10.6 Å². The minimum Gasteiger partial charge on any atom is -0.481 e. The number of aliphatic hydroxyl groups excluding tert-OH is 1. The number of Topliss-reactive ketones (excluding diaryl/α,β-unsaturated/α-hetero) is 2. The molecular weight excluding hydrogens is 636 g/mol. The molecule has 6 N–H and O–H groups in total. The number of hydrogen-bond acceptors (Lipinski definition) is 8. The normalized spacial score (nSPS) is 25.5. The van der Waals surface area contributed by atoms with Gasteiger partial charge in [-0.05, 0) is 25.7 Å². The summed E-state index contributed by atoms with van der Waals surface area (Å²) in [6.07, 6.45) is 16.8. The second-order valence-electron chi connectivity index (χ2n) is 13.6. The molecule has 0 spiro atoms. The molecule has 4 atom stereocenters. The number of rotatable bonds is 6. The highest BCUT2D eigenvalue weighted by atomic mass is 16.4. The van der Waals surface area contributed by atoms with Gasteiger partial charge in [0.15, 0.2) is 0 Å². The zero-order valence-corrected chi connectivity index (χ0v) is 29.1. The van der Waals surface area contributed by atoms with E-state index in [0.29, 0.717) is 32.1 Å². The first-order chi connectivity index (χ1) is 23.4. The zero-order valence-electron chi connectivity index (χ0n) is 29.1. The quantitative estimate of drug-likeness (QED) is 0.218. The Morgan fingerprint density at radius 1 is 0.531 bits per heavy atom. The number of carboxylic acids is 3. The van der Waals surface area contributed by atoms with Crippen molar-refractivity contribution in [2.75, 3.05) is 6.61 Å². The van der Waals surface area contributed by atoms with E-state index in [1.165, 1.54) is 12.8 Å². The van der Waals surface area contributed by atoms with Gasteiger partial charge in [0, 0.05) is 25.7 Å². The Bertz CT molecular complexity index is 1050. The van der Waals surface area contributed by atoms with Crippen molar-refractivity contribution in [2.45, 2.75) is 166 Å². The van der Waals surface area contributed by atoms with Crippen LogP contribution in [0.4, 0.5) is 0 Å². The van der Waals surface area contributed by atoms with E-state index in [0.717, 1.165) is 83.5 Å². The highest BCUT2D eigenvalue weighted by molar-refractivity contribution is 5.91. The van der Waals surface area contributed by atoms with Crippen molar-refractivity contribution in [3.8, 4) is 0 Å². The van der Waals surface area contributed by atoms with Crippen LogP contribution in [0, 0.1) is 11.8 Å². The van der Waals surface area contributed by atoms with Crippen LogP contribution in [0.25, 0.3) is 0 Å². The van der Waals surface area contributed by atoms with Crippen molar-refractivity contribution in [1.82, 2.24) is 10.6 Å². The predicted octanol–water partition coefficient (Wildman–Crippen LogP) is 4.95. The summed E-state index contributed by atoms with van der Waals surface area (Å²) in [5.41, 5.74) is 0. The average Bonchev–Trinajstić information content (AvgIpc) is 3.03. The molecule has 2 saturated heterocycles. The fraction of sp³-hybridized carbons (Fsp3) is 0.806. The number of aliphatic carboxylic acids is 3. The number of nitrogens with one attached hydrogen (secondary N) is 2. The largest absolute Gasteiger partial charge is 0.481 e.